The summed E-state index contributed by atoms with van der Waals surface area (Å²) in [5.74, 6) is 2.62. The van der Waals surface area contributed by atoms with Gasteiger partial charge in [-0.1, -0.05) is 31.8 Å². The van der Waals surface area contributed by atoms with Crippen LogP contribution in [-0.4, -0.2) is 37.4 Å². The third kappa shape index (κ3) is 4.31. The number of rotatable bonds is 9. The van der Waals surface area contributed by atoms with E-state index in [0.717, 1.165) is 25.7 Å². The van der Waals surface area contributed by atoms with Crippen molar-refractivity contribution in [2.45, 2.75) is 45.6 Å². The van der Waals surface area contributed by atoms with Gasteiger partial charge in [-0.3, -0.25) is 4.79 Å². The van der Waals surface area contributed by atoms with Crippen LogP contribution < -0.4 is 19.5 Å². The Kier molecular flexibility index (Phi) is 6.61. The minimum absolute atomic E-state index is 0.0640. The van der Waals surface area contributed by atoms with E-state index in [1.165, 1.54) is 0 Å². The molecule has 29 heavy (non-hydrogen) atoms. The number of nitrogens with zero attached hydrogens (tertiary/aromatic N) is 2. The summed E-state index contributed by atoms with van der Waals surface area (Å²) in [5, 5.41) is 7.24. The lowest BCUT2D eigenvalue weighted by molar-refractivity contribution is -0.128. The van der Waals surface area contributed by atoms with Gasteiger partial charge in [-0.25, -0.2) is 0 Å². The summed E-state index contributed by atoms with van der Waals surface area (Å²) in [7, 11) is 4.66. The number of hydrogen-bond acceptors (Lipinski definition) is 7. The monoisotopic (exact) mass is 403 g/mol. The summed E-state index contributed by atoms with van der Waals surface area (Å²) in [5.41, 5.74) is 0.669. The molecule has 8 heteroatoms. The van der Waals surface area contributed by atoms with Crippen molar-refractivity contribution in [3.8, 4) is 28.6 Å². The molecule has 2 atom stereocenters. The highest BCUT2D eigenvalue weighted by Gasteiger charge is 2.32. The highest BCUT2D eigenvalue weighted by Crippen LogP contribution is 2.41. The third-order valence-corrected chi connectivity index (χ3v) is 5.62. The smallest absolute Gasteiger partial charge is 0.249 e. The van der Waals surface area contributed by atoms with Crippen molar-refractivity contribution in [1.82, 2.24) is 15.5 Å². The number of benzene rings is 1. The van der Waals surface area contributed by atoms with Crippen LogP contribution in [0.5, 0.6) is 17.2 Å². The van der Waals surface area contributed by atoms with Gasteiger partial charge >= 0.3 is 0 Å². The molecule has 1 fully saturated rings. The molecule has 1 aliphatic carbocycles. The minimum atomic E-state index is -0.323. The molecule has 2 unspecified atom stereocenters. The van der Waals surface area contributed by atoms with Crippen molar-refractivity contribution in [3.05, 3.63) is 18.0 Å². The Morgan fingerprint density at radius 3 is 2.34 bits per heavy atom. The van der Waals surface area contributed by atoms with Crippen molar-refractivity contribution in [2.75, 3.05) is 21.3 Å². The maximum atomic E-state index is 12.5. The molecule has 158 valence electrons. The molecule has 0 saturated heterocycles. The average Bonchev–Trinajstić information content (AvgIpc) is 3.18. The van der Waals surface area contributed by atoms with Crippen LogP contribution in [0.1, 0.15) is 51.5 Å². The molecule has 0 radical (unpaired) electrons. The van der Waals surface area contributed by atoms with Gasteiger partial charge in [-0.05, 0) is 30.9 Å². The predicted molar refractivity (Wildman–Crippen MR) is 107 cm³/mol. The Bertz CT molecular complexity index is 822. The SMILES string of the molecule is CCC(C)C(NC(=O)C1CCC1)c1nc(-c2cc(OC)c(OC)c(OC)c2)no1. The van der Waals surface area contributed by atoms with Crippen LogP contribution in [0.4, 0.5) is 0 Å². The topological polar surface area (TPSA) is 95.7 Å². The van der Waals surface area contributed by atoms with Crippen molar-refractivity contribution in [3.63, 3.8) is 0 Å². The van der Waals surface area contributed by atoms with E-state index < -0.39 is 0 Å². The first-order valence-electron chi connectivity index (χ1n) is 9.96. The number of hydrogen-bond donors (Lipinski definition) is 1. The number of methoxy groups -OCH3 is 3. The first-order valence-corrected chi connectivity index (χ1v) is 9.96. The van der Waals surface area contributed by atoms with E-state index in [0.29, 0.717) is 34.5 Å². The molecule has 0 bridgehead atoms. The van der Waals surface area contributed by atoms with Gasteiger partial charge in [0, 0.05) is 11.5 Å². The van der Waals surface area contributed by atoms with Crippen molar-refractivity contribution in [1.29, 1.82) is 0 Å². The lowest BCUT2D eigenvalue weighted by atomic mass is 9.84. The fraction of sp³-hybridized carbons (Fsp3) is 0.571. The fourth-order valence-electron chi connectivity index (χ4n) is 3.31. The van der Waals surface area contributed by atoms with Gasteiger partial charge in [0.15, 0.2) is 11.5 Å². The van der Waals surface area contributed by atoms with E-state index in [2.05, 4.69) is 29.3 Å². The molecule has 0 spiro atoms. The standard InChI is InChI=1S/C21H29N3O5/c1-6-12(2)17(22-20(25)13-8-7-9-13)21-23-19(24-29-21)14-10-15(26-3)18(28-5)16(11-14)27-4/h10-13,17H,6-9H2,1-5H3,(H,22,25). The van der Waals surface area contributed by atoms with Crippen molar-refractivity contribution >= 4 is 5.91 Å². The molecule has 0 aliphatic heterocycles. The van der Waals surface area contributed by atoms with Gasteiger partial charge in [-0.15, -0.1) is 0 Å². The molecule has 1 amide bonds. The fourth-order valence-corrected chi connectivity index (χ4v) is 3.31. The highest BCUT2D eigenvalue weighted by molar-refractivity contribution is 5.79. The first-order chi connectivity index (χ1) is 14.0. The average molecular weight is 403 g/mol. The van der Waals surface area contributed by atoms with E-state index in [1.54, 1.807) is 33.5 Å². The second-order valence-electron chi connectivity index (χ2n) is 7.37. The summed E-state index contributed by atoms with van der Waals surface area (Å²) >= 11 is 0. The molecule has 3 rings (SSSR count). The number of nitrogens with one attached hydrogen (secondary N) is 1. The van der Waals surface area contributed by atoms with Crippen LogP contribution in [0.3, 0.4) is 0 Å². The van der Waals surface area contributed by atoms with Gasteiger partial charge in [0.1, 0.15) is 6.04 Å². The van der Waals surface area contributed by atoms with Crippen LogP contribution in [-0.2, 0) is 4.79 Å². The summed E-state index contributed by atoms with van der Waals surface area (Å²) in [6.45, 7) is 4.14. The molecular weight excluding hydrogens is 374 g/mol. The van der Waals surface area contributed by atoms with Crippen molar-refractivity contribution < 1.29 is 23.5 Å². The molecule has 1 saturated carbocycles. The second kappa shape index (κ2) is 9.15. The zero-order valence-electron chi connectivity index (χ0n) is 17.7. The summed E-state index contributed by atoms with van der Waals surface area (Å²) in [4.78, 5) is 17.1. The van der Waals surface area contributed by atoms with Gasteiger partial charge in [0.2, 0.25) is 23.4 Å². The van der Waals surface area contributed by atoms with E-state index in [4.69, 9.17) is 18.7 Å². The lowest BCUT2D eigenvalue weighted by Crippen LogP contribution is -2.39. The molecule has 1 N–H and O–H groups in total. The minimum Gasteiger partial charge on any atom is -0.493 e. The lowest BCUT2D eigenvalue weighted by Gasteiger charge is -2.28. The van der Waals surface area contributed by atoms with Gasteiger partial charge in [0.25, 0.3) is 0 Å². The van der Waals surface area contributed by atoms with Crippen LogP contribution in [0, 0.1) is 11.8 Å². The van der Waals surface area contributed by atoms with E-state index in [1.807, 2.05) is 0 Å². The second-order valence-corrected chi connectivity index (χ2v) is 7.37. The third-order valence-electron chi connectivity index (χ3n) is 5.62. The van der Waals surface area contributed by atoms with E-state index in [-0.39, 0.29) is 23.8 Å². The Labute approximate surface area is 170 Å². The number of aromatic nitrogens is 2. The van der Waals surface area contributed by atoms with Crippen molar-refractivity contribution in [2.24, 2.45) is 11.8 Å². The zero-order valence-corrected chi connectivity index (χ0v) is 17.7. The number of ether oxygens (including phenoxy) is 3. The highest BCUT2D eigenvalue weighted by atomic mass is 16.5. The molecule has 1 aromatic heterocycles. The van der Waals surface area contributed by atoms with Crippen LogP contribution in [0.15, 0.2) is 16.7 Å². The Hall–Kier alpha value is -2.77. The quantitative estimate of drug-likeness (QED) is 0.681. The maximum Gasteiger partial charge on any atom is 0.249 e. The van der Waals surface area contributed by atoms with Gasteiger partial charge in [0.05, 0.1) is 21.3 Å². The molecule has 1 heterocycles. The summed E-state index contributed by atoms with van der Waals surface area (Å²) < 4.78 is 21.7. The van der Waals surface area contributed by atoms with Crippen LogP contribution >= 0.6 is 0 Å². The zero-order chi connectivity index (χ0) is 21.0. The molecule has 1 aliphatic rings. The normalized spacial score (nSPS) is 15.9. The van der Waals surface area contributed by atoms with E-state index >= 15 is 0 Å². The van der Waals surface area contributed by atoms with Gasteiger partial charge < -0.3 is 24.1 Å². The number of carbonyl (C=O) groups is 1. The van der Waals surface area contributed by atoms with Gasteiger partial charge in [-0.2, -0.15) is 4.98 Å². The Morgan fingerprint density at radius 1 is 1.21 bits per heavy atom. The van der Waals surface area contributed by atoms with Crippen LogP contribution in [0.25, 0.3) is 11.4 Å². The Balaban J connectivity index is 1.90. The van der Waals surface area contributed by atoms with Crippen LogP contribution in [0.2, 0.25) is 0 Å². The molecular formula is C21H29N3O5. The molecule has 2 aromatic rings. The number of carbonyl (C=O) groups excluding carboxylic acids is 1. The maximum absolute atomic E-state index is 12.5. The first kappa shape index (κ1) is 21.0. The largest absolute Gasteiger partial charge is 0.493 e. The molecule has 8 nitrogen and oxygen atoms in total. The Morgan fingerprint density at radius 2 is 1.86 bits per heavy atom. The molecule has 1 aromatic carbocycles. The summed E-state index contributed by atoms with van der Waals surface area (Å²) in [6, 6.07) is 3.21. The predicted octanol–water partition coefficient (Wildman–Crippen LogP) is 3.77. The van der Waals surface area contributed by atoms with E-state index in [9.17, 15) is 4.79 Å². The number of amides is 1. The summed E-state index contributed by atoms with van der Waals surface area (Å²) in [6.07, 6.45) is 3.87.